The molecule has 5 heteroatoms. The molecular weight excluding hydrogens is 596 g/mol. The number of rotatable bonds is 0. The maximum atomic E-state index is 9.54. The molecule has 1 nitrogen and oxygen atoms in total. The van der Waals surface area contributed by atoms with Crippen LogP contribution in [0.5, 0.6) is 5.75 Å². The highest BCUT2D eigenvalue weighted by Gasteiger charge is 2.10. The quantitative estimate of drug-likeness (QED) is 0.357. The van der Waals surface area contributed by atoms with Crippen molar-refractivity contribution in [3.8, 4) is 5.75 Å². The smallest absolute Gasteiger partial charge is 0.144 e. The molecule has 0 aliphatic rings. The molecule has 1 aromatic rings. The second kappa shape index (κ2) is 4.44. The summed E-state index contributed by atoms with van der Waals surface area (Å²) in [5.41, 5.74) is 0. The van der Waals surface area contributed by atoms with Gasteiger partial charge < -0.3 is 5.11 Å². The van der Waals surface area contributed by atoms with E-state index in [1.165, 1.54) is 0 Å². The van der Waals surface area contributed by atoms with Gasteiger partial charge in [-0.2, -0.15) is 0 Å². The van der Waals surface area contributed by atoms with Crippen molar-refractivity contribution in [2.24, 2.45) is 0 Å². The molecule has 0 aromatic heterocycles. The second-order valence-electron chi connectivity index (χ2n) is 1.82. The van der Waals surface area contributed by atoms with Crippen LogP contribution in [-0.2, 0) is 0 Å². The van der Waals surface area contributed by atoms with Gasteiger partial charge in [-0.3, -0.25) is 0 Å². The van der Waals surface area contributed by atoms with Crippen LogP contribution in [-0.4, -0.2) is 5.11 Å². The van der Waals surface area contributed by atoms with Crippen LogP contribution >= 0.6 is 90.4 Å². The van der Waals surface area contributed by atoms with Crippen molar-refractivity contribution in [3.05, 3.63) is 20.3 Å². The topological polar surface area (TPSA) is 20.2 Å². The first-order valence-electron chi connectivity index (χ1n) is 2.56. The van der Waals surface area contributed by atoms with Crippen molar-refractivity contribution in [1.82, 2.24) is 0 Å². The molecule has 0 unspecified atom stereocenters. The van der Waals surface area contributed by atoms with Crippen molar-refractivity contribution in [1.29, 1.82) is 0 Å². The fraction of sp³-hybridized carbons (Fsp3) is 0. The molecule has 0 bridgehead atoms. The Balaban J connectivity index is 3.46. The van der Waals surface area contributed by atoms with Crippen LogP contribution in [0.4, 0.5) is 0 Å². The molecule has 0 saturated heterocycles. The van der Waals surface area contributed by atoms with Gasteiger partial charge in [-0.15, -0.1) is 0 Å². The molecule has 0 aliphatic heterocycles. The lowest BCUT2D eigenvalue weighted by molar-refractivity contribution is 0.466. The van der Waals surface area contributed by atoms with E-state index in [0.29, 0.717) is 5.75 Å². The third-order valence-corrected chi connectivity index (χ3v) is 7.04. The Labute approximate surface area is 119 Å². The Bertz CT molecular complexity index is 271. The van der Waals surface area contributed by atoms with Crippen LogP contribution < -0.4 is 0 Å². The summed E-state index contributed by atoms with van der Waals surface area (Å²) in [6.07, 6.45) is 0. The molecule has 60 valence electrons. The standard InChI is InChI=1S/C6H2I4O/c7-2-1-3(8)5(10)6(11)4(2)9/h1,11H. The number of aromatic hydroxyl groups is 1. The van der Waals surface area contributed by atoms with Gasteiger partial charge in [-0.05, 0) is 96.4 Å². The van der Waals surface area contributed by atoms with E-state index < -0.39 is 0 Å². The van der Waals surface area contributed by atoms with Crippen molar-refractivity contribution in [2.75, 3.05) is 0 Å². The molecule has 0 spiro atoms. The number of phenols is 1. The SMILES string of the molecule is Oc1c(I)c(I)cc(I)c1I. The zero-order valence-corrected chi connectivity index (χ0v) is 13.7. The summed E-state index contributed by atoms with van der Waals surface area (Å²) in [5, 5.41) is 9.54. The first kappa shape index (κ1) is 11.0. The Morgan fingerprint density at radius 1 is 0.909 bits per heavy atom. The van der Waals surface area contributed by atoms with E-state index in [1.54, 1.807) is 0 Å². The predicted molar refractivity (Wildman–Crippen MR) is 79.0 cm³/mol. The largest absolute Gasteiger partial charge is 0.506 e. The summed E-state index contributed by atoms with van der Waals surface area (Å²) in [6, 6.07) is 2.06. The first-order valence-corrected chi connectivity index (χ1v) is 6.87. The summed E-state index contributed by atoms with van der Waals surface area (Å²) in [6.45, 7) is 0. The number of phenolic OH excluding ortho intramolecular Hbond substituents is 1. The van der Waals surface area contributed by atoms with Gasteiger partial charge in [-0.25, -0.2) is 0 Å². The van der Waals surface area contributed by atoms with Crippen LogP contribution in [0.2, 0.25) is 0 Å². The maximum Gasteiger partial charge on any atom is 0.144 e. The Hall–Kier alpha value is 1.94. The van der Waals surface area contributed by atoms with Crippen LogP contribution in [0.25, 0.3) is 0 Å². The van der Waals surface area contributed by atoms with E-state index in [2.05, 4.69) is 96.4 Å². The van der Waals surface area contributed by atoms with Gasteiger partial charge in [-0.1, -0.05) is 0 Å². The number of hydrogen-bond donors (Lipinski definition) is 1. The lowest BCUT2D eigenvalue weighted by Gasteiger charge is -2.04. The summed E-state index contributed by atoms with van der Waals surface area (Å²) in [4.78, 5) is 0. The van der Waals surface area contributed by atoms with Gasteiger partial charge in [0.15, 0.2) is 0 Å². The third kappa shape index (κ3) is 2.45. The number of halogens is 4. The Kier molecular flexibility index (Phi) is 4.45. The first-order chi connectivity index (χ1) is 5.04. The molecule has 0 heterocycles. The van der Waals surface area contributed by atoms with Crippen LogP contribution in [0.3, 0.4) is 0 Å². The lowest BCUT2D eigenvalue weighted by Crippen LogP contribution is -1.88. The van der Waals surface area contributed by atoms with Gasteiger partial charge in [0, 0.05) is 7.14 Å². The second-order valence-corrected chi connectivity index (χ2v) is 6.30. The van der Waals surface area contributed by atoms with E-state index in [9.17, 15) is 5.11 Å². The van der Waals surface area contributed by atoms with Crippen molar-refractivity contribution in [3.63, 3.8) is 0 Å². The van der Waals surface area contributed by atoms with E-state index in [4.69, 9.17) is 0 Å². The maximum absolute atomic E-state index is 9.54. The molecule has 0 radical (unpaired) electrons. The van der Waals surface area contributed by atoms with Crippen molar-refractivity contribution < 1.29 is 5.11 Å². The molecular formula is C6H2I4O. The van der Waals surface area contributed by atoms with Gasteiger partial charge in [0.05, 0.1) is 7.14 Å². The predicted octanol–water partition coefficient (Wildman–Crippen LogP) is 3.81. The molecule has 1 N–H and O–H groups in total. The van der Waals surface area contributed by atoms with Crippen LogP contribution in [0, 0.1) is 14.3 Å². The summed E-state index contributed by atoms with van der Waals surface area (Å²) >= 11 is 8.72. The molecule has 0 amide bonds. The summed E-state index contributed by atoms with van der Waals surface area (Å²) in [5.74, 6) is 0.405. The third-order valence-electron chi connectivity index (χ3n) is 1.09. The van der Waals surface area contributed by atoms with Gasteiger partial charge >= 0.3 is 0 Å². The van der Waals surface area contributed by atoms with Gasteiger partial charge in [0.2, 0.25) is 0 Å². The fourth-order valence-electron chi connectivity index (χ4n) is 0.561. The van der Waals surface area contributed by atoms with Gasteiger partial charge in [0.25, 0.3) is 0 Å². The lowest BCUT2D eigenvalue weighted by atomic mass is 10.3. The monoisotopic (exact) mass is 598 g/mol. The van der Waals surface area contributed by atoms with Crippen molar-refractivity contribution in [2.45, 2.75) is 0 Å². The van der Waals surface area contributed by atoms with Crippen molar-refractivity contribution >= 4 is 90.4 Å². The number of benzene rings is 1. The minimum atomic E-state index is 0.405. The normalized spacial score (nSPS) is 10.2. The Morgan fingerprint density at radius 2 is 1.27 bits per heavy atom. The zero-order chi connectivity index (χ0) is 8.59. The highest BCUT2D eigenvalue weighted by Crippen LogP contribution is 2.33. The minimum absolute atomic E-state index is 0.405. The molecule has 0 aliphatic carbocycles. The summed E-state index contributed by atoms with van der Waals surface area (Å²) < 4.78 is 4.08. The van der Waals surface area contributed by atoms with Crippen LogP contribution in [0.1, 0.15) is 0 Å². The molecule has 11 heavy (non-hydrogen) atoms. The molecule has 0 saturated carbocycles. The zero-order valence-electron chi connectivity index (χ0n) is 5.04. The minimum Gasteiger partial charge on any atom is -0.506 e. The highest BCUT2D eigenvalue weighted by atomic mass is 127. The summed E-state index contributed by atoms with van der Waals surface area (Å²) in [7, 11) is 0. The number of hydrogen-bond acceptors (Lipinski definition) is 1. The molecule has 1 rings (SSSR count). The van der Waals surface area contributed by atoms with Crippen LogP contribution in [0.15, 0.2) is 6.07 Å². The van der Waals surface area contributed by atoms with E-state index in [0.717, 1.165) is 14.3 Å². The van der Waals surface area contributed by atoms with E-state index in [1.807, 2.05) is 0 Å². The highest BCUT2D eigenvalue weighted by molar-refractivity contribution is 14.1. The van der Waals surface area contributed by atoms with E-state index >= 15 is 0 Å². The molecule has 0 fully saturated rings. The average molecular weight is 598 g/mol. The van der Waals surface area contributed by atoms with Gasteiger partial charge in [0.1, 0.15) is 5.75 Å². The van der Waals surface area contributed by atoms with E-state index in [-0.39, 0.29) is 0 Å². The average Bonchev–Trinajstić information content (AvgIpc) is 1.97. The fourth-order valence-corrected chi connectivity index (χ4v) is 3.66. The molecule has 0 atom stereocenters. The molecule has 1 aromatic carbocycles. The Morgan fingerprint density at radius 3 is 1.64 bits per heavy atom.